The maximum absolute atomic E-state index is 3.73. The standard InChI is InChI=1S/2C31H40N4.C25H32N4/c2*1-3-22-18-34-9-7-32-16-24-12-20(14-28(30(24)34)26(22)5-1)11-21-13-25-17-33-8-10-35-19-23-4-2-6-27(23)29(15-21)31(25)35;1-2-19-16-29-9-8-27-15-21-12-18(13-23(25(21)29)22(19)3-1)10-17-4-5-24-20(11-17)14-26-6-7-28-24/h2*12-15,22-23,26-27,32-33H,1-11,16-19H2;4-5,11-13,19,22,26-28H,1-3,6-10,14-16H2/t22-,23+,26-,27+;22-,23-,26-,27-;/m.0./s1. The summed E-state index contributed by atoms with van der Waals surface area (Å²) in [6.07, 6.45) is 24.4. The zero-order valence-corrected chi connectivity index (χ0v) is 59.5. The van der Waals surface area contributed by atoms with Gasteiger partial charge in [-0.15, -0.1) is 0 Å². The minimum absolute atomic E-state index is 0.790. The minimum atomic E-state index is 0.790. The maximum atomic E-state index is 3.73. The van der Waals surface area contributed by atoms with E-state index in [4.69, 9.17) is 0 Å². The van der Waals surface area contributed by atoms with Crippen LogP contribution in [0.3, 0.4) is 0 Å². The van der Waals surface area contributed by atoms with Crippen LogP contribution in [0.15, 0.2) is 78.9 Å². The van der Waals surface area contributed by atoms with Crippen molar-refractivity contribution >= 4 is 34.1 Å². The number of hydrogen-bond donors (Lipinski definition) is 7. The van der Waals surface area contributed by atoms with Crippen molar-refractivity contribution in [3.05, 3.63) is 173 Å². The largest absolute Gasteiger partial charge is 0.384 e. The highest BCUT2D eigenvalue weighted by atomic mass is 15.2. The van der Waals surface area contributed by atoms with Gasteiger partial charge in [0, 0.05) is 185 Å². The molecule has 11 heterocycles. The number of fused-ring (bicyclic) bond motifs is 11. The Balaban J connectivity index is 0.000000101. The van der Waals surface area contributed by atoms with Gasteiger partial charge in [0.15, 0.2) is 0 Å². The maximum Gasteiger partial charge on any atom is 0.0448 e. The van der Waals surface area contributed by atoms with E-state index in [0.29, 0.717) is 0 Å². The number of anilines is 6. The third-order valence-corrected chi connectivity index (χ3v) is 28.2. The lowest BCUT2D eigenvalue weighted by molar-refractivity contribution is 0.454. The van der Waals surface area contributed by atoms with Crippen LogP contribution >= 0.6 is 0 Å². The molecule has 99 heavy (non-hydrogen) atoms. The molecule has 10 atom stereocenters. The number of nitrogens with one attached hydrogen (secondary N) is 7. The molecule has 11 aliphatic heterocycles. The Morgan fingerprint density at radius 2 is 0.525 bits per heavy atom. The molecule has 5 fully saturated rings. The fourth-order valence-corrected chi connectivity index (χ4v) is 24.2. The van der Waals surface area contributed by atoms with E-state index in [9.17, 15) is 0 Å². The second-order valence-corrected chi connectivity index (χ2v) is 34.2. The van der Waals surface area contributed by atoms with Crippen LogP contribution in [0.2, 0.25) is 0 Å². The summed E-state index contributed by atoms with van der Waals surface area (Å²) in [5.74, 6) is 8.33. The lowest BCUT2D eigenvalue weighted by Crippen LogP contribution is -2.38. The highest BCUT2D eigenvalue weighted by molar-refractivity contribution is 5.71. The van der Waals surface area contributed by atoms with Crippen LogP contribution in [0.1, 0.15) is 220 Å². The van der Waals surface area contributed by atoms with Crippen LogP contribution in [0.5, 0.6) is 0 Å². The van der Waals surface area contributed by atoms with Gasteiger partial charge in [-0.1, -0.05) is 105 Å². The third kappa shape index (κ3) is 11.7. The summed E-state index contributed by atoms with van der Waals surface area (Å²) < 4.78 is 0. The van der Waals surface area contributed by atoms with Crippen molar-refractivity contribution in [2.45, 2.75) is 184 Å². The second-order valence-electron chi connectivity index (χ2n) is 34.2. The van der Waals surface area contributed by atoms with Gasteiger partial charge in [-0.25, -0.2) is 0 Å². The van der Waals surface area contributed by atoms with E-state index < -0.39 is 0 Å². The molecule has 0 amide bonds. The van der Waals surface area contributed by atoms with Crippen molar-refractivity contribution in [3.8, 4) is 0 Å². The molecule has 5 aliphatic carbocycles. The summed E-state index contributed by atoms with van der Waals surface area (Å²) in [5, 5.41) is 25.6. The topological polar surface area (TPSA) is 100 Å². The van der Waals surface area contributed by atoms with Crippen LogP contribution in [0.25, 0.3) is 0 Å². The number of nitrogens with zero attached hydrogens (tertiary/aromatic N) is 5. The summed E-state index contributed by atoms with van der Waals surface area (Å²) >= 11 is 0. The molecule has 7 N–H and O–H groups in total. The molecular weight excluding hydrogens is 1210 g/mol. The van der Waals surface area contributed by atoms with Gasteiger partial charge < -0.3 is 61.7 Å². The van der Waals surface area contributed by atoms with E-state index >= 15 is 0 Å². The Hall–Kier alpha value is -6.12. The molecule has 12 nitrogen and oxygen atoms in total. The molecule has 0 saturated heterocycles. The number of rotatable bonds is 6. The van der Waals surface area contributed by atoms with E-state index in [2.05, 4.69) is 141 Å². The molecule has 2 unspecified atom stereocenters. The van der Waals surface area contributed by atoms with Crippen molar-refractivity contribution < 1.29 is 0 Å². The zero-order valence-electron chi connectivity index (χ0n) is 59.5. The van der Waals surface area contributed by atoms with Crippen molar-refractivity contribution in [2.24, 2.45) is 29.6 Å². The molecule has 520 valence electrons. The molecule has 16 aliphatic rings. The normalized spacial score (nSPS) is 29.2. The van der Waals surface area contributed by atoms with Gasteiger partial charge in [-0.05, 0) is 243 Å². The van der Waals surface area contributed by atoms with Crippen molar-refractivity contribution in [1.82, 2.24) is 31.9 Å². The van der Waals surface area contributed by atoms with Gasteiger partial charge in [-0.3, -0.25) is 0 Å². The Labute approximate surface area is 591 Å². The average Bonchev–Trinajstić information content (AvgIpc) is 1.73. The quantitative estimate of drug-likeness (QED) is 0.0865. The molecule has 0 aromatic heterocycles. The highest BCUT2D eigenvalue weighted by Gasteiger charge is 2.44. The Morgan fingerprint density at radius 1 is 0.263 bits per heavy atom. The molecular formula is C87H112N12. The highest BCUT2D eigenvalue weighted by Crippen LogP contribution is 2.55. The van der Waals surface area contributed by atoms with E-state index in [-0.39, 0.29) is 0 Å². The number of hydrogen-bond acceptors (Lipinski definition) is 12. The zero-order chi connectivity index (χ0) is 65.1. The van der Waals surface area contributed by atoms with Crippen molar-refractivity contribution in [3.63, 3.8) is 0 Å². The molecule has 0 bridgehead atoms. The van der Waals surface area contributed by atoms with Crippen LogP contribution < -0.4 is 61.7 Å². The Kier molecular flexibility index (Phi) is 16.8. The first-order valence-corrected chi connectivity index (χ1v) is 40.6. The van der Waals surface area contributed by atoms with E-state index in [1.165, 1.54) is 183 Å². The van der Waals surface area contributed by atoms with Gasteiger partial charge in [0.2, 0.25) is 0 Å². The van der Waals surface area contributed by atoms with Crippen LogP contribution in [0.4, 0.5) is 34.1 Å². The van der Waals surface area contributed by atoms with Gasteiger partial charge in [0.1, 0.15) is 0 Å². The van der Waals surface area contributed by atoms with E-state index in [1.54, 1.807) is 101 Å². The fourth-order valence-electron chi connectivity index (χ4n) is 24.2. The molecule has 0 spiro atoms. The molecule has 6 aromatic carbocycles. The first-order valence-electron chi connectivity index (χ1n) is 40.6. The van der Waals surface area contributed by atoms with Gasteiger partial charge >= 0.3 is 0 Å². The predicted octanol–water partition coefficient (Wildman–Crippen LogP) is 13.4. The molecule has 6 aromatic rings. The molecule has 5 saturated carbocycles. The Bertz CT molecular complexity index is 3680. The second kappa shape index (κ2) is 26.6. The first-order chi connectivity index (χ1) is 49.0. The third-order valence-electron chi connectivity index (χ3n) is 28.2. The van der Waals surface area contributed by atoms with Gasteiger partial charge in [0.05, 0.1) is 0 Å². The van der Waals surface area contributed by atoms with E-state index in [0.717, 1.165) is 170 Å². The van der Waals surface area contributed by atoms with Crippen LogP contribution in [-0.2, 0) is 58.5 Å². The smallest absolute Gasteiger partial charge is 0.0448 e. The molecule has 22 rings (SSSR count). The summed E-state index contributed by atoms with van der Waals surface area (Å²) in [6.45, 7) is 25.9. The van der Waals surface area contributed by atoms with Crippen molar-refractivity contribution in [2.75, 3.05) is 141 Å². The Morgan fingerprint density at radius 3 is 0.828 bits per heavy atom. The minimum Gasteiger partial charge on any atom is -0.384 e. The summed E-state index contributed by atoms with van der Waals surface area (Å²) in [6, 6.07) is 32.8. The number of benzene rings is 6. The van der Waals surface area contributed by atoms with Crippen LogP contribution in [0, 0.1) is 29.6 Å². The summed E-state index contributed by atoms with van der Waals surface area (Å²) in [7, 11) is 0. The SMILES string of the molecule is c1c(Cc2cc3c4c(c2)[C@@H]2CCC[C@@H]2CN4CCNC3)cc2c3c1CNCCN3C[C@@H]1CCC[C@H]21.c1c(Cc2cc3c4c(c2)[C@H]2CCC[C@H]2CN4CCNC3)cc2c3c1CNCCN3C[C@@H]1CCC[C@H]21.c1cc2c(cc1Cc1cc3c4c(c1)C1CCCC1CN4CCNC3)CNCCN2. The molecule has 12 heteroatoms. The van der Waals surface area contributed by atoms with E-state index in [1.807, 2.05) is 0 Å². The predicted molar refractivity (Wildman–Crippen MR) is 407 cm³/mol. The lowest BCUT2D eigenvalue weighted by Gasteiger charge is -2.39. The van der Waals surface area contributed by atoms with Gasteiger partial charge in [0.25, 0.3) is 0 Å². The van der Waals surface area contributed by atoms with Crippen LogP contribution in [-0.4, -0.2) is 111 Å². The first kappa shape index (κ1) is 62.6. The van der Waals surface area contributed by atoms with Crippen molar-refractivity contribution in [1.29, 1.82) is 0 Å². The summed E-state index contributed by atoms with van der Waals surface area (Å²) in [4.78, 5) is 13.6. The summed E-state index contributed by atoms with van der Waals surface area (Å²) in [5.41, 5.74) is 35.9. The average molecular weight is 1330 g/mol. The fraction of sp³-hybridized carbons (Fsp3) is 0.586. The molecule has 0 radical (unpaired) electrons. The lowest BCUT2D eigenvalue weighted by atomic mass is 9.79. The monoisotopic (exact) mass is 1320 g/mol. The van der Waals surface area contributed by atoms with Gasteiger partial charge in [-0.2, -0.15) is 0 Å².